The first-order valence-electron chi connectivity index (χ1n) is 7.27. The van der Waals surface area contributed by atoms with E-state index in [4.69, 9.17) is 33.7 Å². The number of methoxy groups -OCH3 is 1. The fraction of sp³-hybridized carbons (Fsp3) is 0.312. The molecule has 126 valence electrons. The fourth-order valence-corrected chi connectivity index (χ4v) is 3.50. The molecule has 1 aliphatic rings. The van der Waals surface area contributed by atoms with Gasteiger partial charge in [0.1, 0.15) is 16.7 Å². The Morgan fingerprint density at radius 1 is 1.33 bits per heavy atom. The Bertz CT molecular complexity index is 855. The minimum Gasteiger partial charge on any atom is -0.496 e. The van der Waals surface area contributed by atoms with Gasteiger partial charge in [-0.15, -0.1) is 0 Å². The van der Waals surface area contributed by atoms with E-state index in [0.29, 0.717) is 22.9 Å². The van der Waals surface area contributed by atoms with Crippen LogP contribution in [0, 0.1) is 13.8 Å². The van der Waals surface area contributed by atoms with E-state index in [-0.39, 0.29) is 23.4 Å². The average molecular weight is 367 g/mol. The van der Waals surface area contributed by atoms with Crippen LogP contribution in [0.3, 0.4) is 0 Å². The number of ketones is 1. The quantitative estimate of drug-likeness (QED) is 0.840. The molecule has 0 spiro atoms. The number of Topliss-reactive ketones (excluding diaryl/α,β-unsaturated/α-hetero) is 1. The van der Waals surface area contributed by atoms with Crippen molar-refractivity contribution in [2.45, 2.75) is 20.4 Å². The van der Waals surface area contributed by atoms with Crippen LogP contribution in [0.25, 0.3) is 0 Å². The SMILES string of the molecule is COc1c(C)cc(CN2CC(=O)c3c(Cl)nc(N)nc32)c(Cl)c1C. The number of nitrogens with two attached hydrogens (primary N) is 1. The minimum absolute atomic E-state index is 0.0339. The molecule has 6 nitrogen and oxygen atoms in total. The second-order valence-corrected chi connectivity index (χ2v) is 6.41. The number of halogens is 2. The first kappa shape index (κ1) is 16.8. The minimum atomic E-state index is -0.131. The number of hydrogen-bond acceptors (Lipinski definition) is 6. The first-order chi connectivity index (χ1) is 11.3. The molecule has 0 saturated carbocycles. The van der Waals surface area contributed by atoms with Gasteiger partial charge < -0.3 is 15.4 Å². The van der Waals surface area contributed by atoms with Crippen LogP contribution in [0.5, 0.6) is 5.75 Å². The van der Waals surface area contributed by atoms with Gasteiger partial charge in [-0.1, -0.05) is 23.2 Å². The molecule has 8 heteroatoms. The fourth-order valence-electron chi connectivity index (χ4n) is 3.03. The number of nitrogens with zero attached hydrogens (tertiary/aromatic N) is 3. The molecule has 3 rings (SSSR count). The van der Waals surface area contributed by atoms with Crippen LogP contribution < -0.4 is 15.4 Å². The number of fused-ring (bicyclic) bond motifs is 1. The molecule has 0 radical (unpaired) electrons. The molecule has 1 aromatic heterocycles. The second kappa shape index (κ2) is 6.11. The molecule has 0 unspecified atom stereocenters. The Labute approximate surface area is 149 Å². The number of anilines is 2. The van der Waals surface area contributed by atoms with Gasteiger partial charge in [-0.05, 0) is 31.0 Å². The van der Waals surface area contributed by atoms with E-state index in [2.05, 4.69) is 9.97 Å². The summed E-state index contributed by atoms with van der Waals surface area (Å²) in [4.78, 5) is 22.0. The number of nitrogen functional groups attached to an aromatic ring is 1. The first-order valence-corrected chi connectivity index (χ1v) is 8.02. The van der Waals surface area contributed by atoms with Gasteiger partial charge in [0.2, 0.25) is 5.95 Å². The van der Waals surface area contributed by atoms with E-state index in [1.165, 1.54) is 0 Å². The molecule has 24 heavy (non-hydrogen) atoms. The lowest BCUT2D eigenvalue weighted by Gasteiger charge is -2.21. The molecule has 0 amide bonds. The standard InChI is InChI=1S/C16H16Cl2N4O2/c1-7-4-9(12(17)8(2)13(7)24-3)5-22-6-10(23)11-14(18)20-16(19)21-15(11)22/h4H,5-6H2,1-3H3,(H2,19,20,21). The molecule has 2 N–H and O–H groups in total. The number of aromatic nitrogens is 2. The van der Waals surface area contributed by atoms with Gasteiger partial charge in [0, 0.05) is 12.1 Å². The predicted octanol–water partition coefficient (Wildman–Crippen LogP) is 3.19. The maximum Gasteiger partial charge on any atom is 0.223 e. The number of ether oxygens (including phenoxy) is 1. The zero-order valence-electron chi connectivity index (χ0n) is 13.5. The maximum atomic E-state index is 12.2. The molecule has 0 atom stereocenters. The summed E-state index contributed by atoms with van der Waals surface area (Å²) in [5.74, 6) is 1.11. The van der Waals surface area contributed by atoms with Crippen molar-refractivity contribution in [3.63, 3.8) is 0 Å². The van der Waals surface area contributed by atoms with E-state index in [9.17, 15) is 4.79 Å². The van der Waals surface area contributed by atoms with Crippen LogP contribution in [-0.4, -0.2) is 29.4 Å². The lowest BCUT2D eigenvalue weighted by Crippen LogP contribution is -2.23. The van der Waals surface area contributed by atoms with Gasteiger partial charge in [-0.2, -0.15) is 4.98 Å². The Kier molecular flexibility index (Phi) is 4.27. The van der Waals surface area contributed by atoms with E-state index in [1.54, 1.807) is 12.0 Å². The summed E-state index contributed by atoms with van der Waals surface area (Å²) >= 11 is 12.5. The average Bonchev–Trinajstić information content (AvgIpc) is 2.81. The van der Waals surface area contributed by atoms with Gasteiger partial charge in [0.05, 0.1) is 24.2 Å². The van der Waals surface area contributed by atoms with Crippen molar-refractivity contribution in [1.82, 2.24) is 9.97 Å². The van der Waals surface area contributed by atoms with Crippen molar-refractivity contribution in [3.8, 4) is 5.75 Å². The van der Waals surface area contributed by atoms with Crippen LogP contribution in [0.1, 0.15) is 27.0 Å². The van der Waals surface area contributed by atoms with Gasteiger partial charge in [0.15, 0.2) is 5.78 Å². The van der Waals surface area contributed by atoms with Crippen molar-refractivity contribution < 1.29 is 9.53 Å². The molecule has 0 bridgehead atoms. The van der Waals surface area contributed by atoms with Crippen LogP contribution in [0.4, 0.5) is 11.8 Å². The highest BCUT2D eigenvalue weighted by Gasteiger charge is 2.32. The highest BCUT2D eigenvalue weighted by atomic mass is 35.5. The molecule has 0 fully saturated rings. The van der Waals surface area contributed by atoms with Crippen LogP contribution >= 0.6 is 23.2 Å². The Morgan fingerprint density at radius 3 is 2.71 bits per heavy atom. The zero-order chi connectivity index (χ0) is 17.6. The van der Waals surface area contributed by atoms with Crippen molar-refractivity contribution in [2.24, 2.45) is 0 Å². The number of carbonyl (C=O) groups excluding carboxylic acids is 1. The van der Waals surface area contributed by atoms with Crippen molar-refractivity contribution in [3.05, 3.63) is 38.5 Å². The lowest BCUT2D eigenvalue weighted by atomic mass is 10.0. The molecule has 1 aromatic carbocycles. The Morgan fingerprint density at radius 2 is 2.04 bits per heavy atom. The van der Waals surface area contributed by atoms with Crippen molar-refractivity contribution in [2.75, 3.05) is 24.3 Å². The van der Waals surface area contributed by atoms with Crippen LogP contribution in [0.15, 0.2) is 6.07 Å². The number of hydrogen-bond donors (Lipinski definition) is 1. The highest BCUT2D eigenvalue weighted by molar-refractivity contribution is 6.34. The van der Waals surface area contributed by atoms with E-state index in [0.717, 1.165) is 22.4 Å². The van der Waals surface area contributed by atoms with E-state index >= 15 is 0 Å². The zero-order valence-corrected chi connectivity index (χ0v) is 15.0. The van der Waals surface area contributed by atoms with Gasteiger partial charge in [-0.25, -0.2) is 4.98 Å². The molecular formula is C16H16Cl2N4O2. The summed E-state index contributed by atoms with van der Waals surface area (Å²) in [6, 6.07) is 1.95. The Hall–Kier alpha value is -2.05. The third kappa shape index (κ3) is 2.65. The third-order valence-electron chi connectivity index (χ3n) is 4.04. The second-order valence-electron chi connectivity index (χ2n) is 5.68. The summed E-state index contributed by atoms with van der Waals surface area (Å²) in [6.07, 6.45) is 0. The van der Waals surface area contributed by atoms with E-state index in [1.807, 2.05) is 19.9 Å². The summed E-state index contributed by atoms with van der Waals surface area (Å²) in [5.41, 5.74) is 8.68. The third-order valence-corrected chi connectivity index (χ3v) is 4.84. The molecular weight excluding hydrogens is 351 g/mol. The van der Waals surface area contributed by atoms with Crippen molar-refractivity contribution >= 4 is 40.8 Å². The molecule has 0 aliphatic carbocycles. The smallest absolute Gasteiger partial charge is 0.223 e. The van der Waals surface area contributed by atoms with Gasteiger partial charge in [0.25, 0.3) is 0 Å². The lowest BCUT2D eigenvalue weighted by molar-refractivity contribution is 0.101. The number of rotatable bonds is 3. The maximum absolute atomic E-state index is 12.2. The molecule has 2 heterocycles. The largest absolute Gasteiger partial charge is 0.496 e. The van der Waals surface area contributed by atoms with E-state index < -0.39 is 0 Å². The van der Waals surface area contributed by atoms with Gasteiger partial charge in [-0.3, -0.25) is 4.79 Å². The summed E-state index contributed by atoms with van der Waals surface area (Å²) < 4.78 is 5.38. The highest BCUT2D eigenvalue weighted by Crippen LogP contribution is 2.36. The summed E-state index contributed by atoms with van der Waals surface area (Å²) in [5, 5.41) is 0.685. The molecule has 0 saturated heterocycles. The molecule has 1 aliphatic heterocycles. The number of carbonyl (C=O) groups is 1. The molecule has 2 aromatic rings. The number of benzene rings is 1. The summed E-state index contributed by atoms with van der Waals surface area (Å²) in [6.45, 7) is 4.42. The van der Waals surface area contributed by atoms with Crippen LogP contribution in [-0.2, 0) is 6.54 Å². The van der Waals surface area contributed by atoms with Gasteiger partial charge >= 0.3 is 0 Å². The van der Waals surface area contributed by atoms with Crippen LogP contribution in [0.2, 0.25) is 10.2 Å². The Balaban J connectivity index is 2.02. The monoisotopic (exact) mass is 366 g/mol. The predicted molar refractivity (Wildman–Crippen MR) is 94.3 cm³/mol. The number of aryl methyl sites for hydroxylation is 1. The van der Waals surface area contributed by atoms with Crippen molar-refractivity contribution in [1.29, 1.82) is 0 Å². The topological polar surface area (TPSA) is 81.3 Å². The summed E-state index contributed by atoms with van der Waals surface area (Å²) in [7, 11) is 1.61. The normalized spacial score (nSPS) is 13.4.